The van der Waals surface area contributed by atoms with Crippen LogP contribution in [0, 0.1) is 18.2 Å². The second-order valence-corrected chi connectivity index (χ2v) is 2.78. The Kier molecular flexibility index (Phi) is 3.49. The molecule has 0 spiro atoms. The van der Waals surface area contributed by atoms with Crippen LogP contribution in [0.1, 0.15) is 11.6 Å². The van der Waals surface area contributed by atoms with Gasteiger partial charge in [0.25, 0.3) is 0 Å². The van der Waals surface area contributed by atoms with Gasteiger partial charge in [0.05, 0.1) is 13.2 Å². The lowest BCUT2D eigenvalue weighted by Gasteiger charge is -2.11. The molecule has 1 aromatic carbocycles. The van der Waals surface area contributed by atoms with Gasteiger partial charge < -0.3 is 10.1 Å². The fourth-order valence-electron chi connectivity index (χ4n) is 1.20. The van der Waals surface area contributed by atoms with Gasteiger partial charge in [-0.1, -0.05) is 12.0 Å². The average molecular weight is 193 g/mol. The second-order valence-electron chi connectivity index (χ2n) is 2.78. The first-order valence-electron chi connectivity index (χ1n) is 4.19. The van der Waals surface area contributed by atoms with Crippen LogP contribution in [0.3, 0.4) is 0 Å². The molecule has 0 aliphatic rings. The molecule has 2 nitrogen and oxygen atoms in total. The number of halogens is 1. The number of terminal acetylenes is 1. The molecule has 3 heteroatoms. The van der Waals surface area contributed by atoms with Crippen LogP contribution in [-0.4, -0.2) is 14.2 Å². The second kappa shape index (κ2) is 4.64. The number of rotatable bonds is 3. The summed E-state index contributed by atoms with van der Waals surface area (Å²) in [6.07, 6.45) is 5.30. The van der Waals surface area contributed by atoms with E-state index in [0.717, 1.165) is 5.56 Å². The van der Waals surface area contributed by atoms with E-state index in [4.69, 9.17) is 11.2 Å². The Morgan fingerprint density at radius 3 is 2.79 bits per heavy atom. The van der Waals surface area contributed by atoms with Gasteiger partial charge in [0, 0.05) is 0 Å². The van der Waals surface area contributed by atoms with Crippen molar-refractivity contribution in [3.05, 3.63) is 29.6 Å². The molecule has 0 saturated carbocycles. The van der Waals surface area contributed by atoms with Gasteiger partial charge in [-0.2, -0.15) is 0 Å². The summed E-state index contributed by atoms with van der Waals surface area (Å²) in [5.74, 6) is 2.37. The van der Waals surface area contributed by atoms with E-state index in [1.54, 1.807) is 19.2 Å². The van der Waals surface area contributed by atoms with Gasteiger partial charge in [-0.3, -0.25) is 0 Å². The molecule has 1 N–H and O–H groups in total. The third-order valence-electron chi connectivity index (χ3n) is 1.96. The summed E-state index contributed by atoms with van der Waals surface area (Å²) in [7, 11) is 3.17. The van der Waals surface area contributed by atoms with Crippen molar-refractivity contribution in [2.75, 3.05) is 14.2 Å². The molecule has 0 radical (unpaired) electrons. The van der Waals surface area contributed by atoms with Crippen LogP contribution < -0.4 is 10.1 Å². The first-order valence-corrected chi connectivity index (χ1v) is 4.19. The first kappa shape index (κ1) is 10.6. The van der Waals surface area contributed by atoms with Crippen molar-refractivity contribution >= 4 is 0 Å². The Morgan fingerprint density at radius 2 is 2.29 bits per heavy atom. The summed E-state index contributed by atoms with van der Waals surface area (Å²) >= 11 is 0. The van der Waals surface area contributed by atoms with E-state index in [0.29, 0.717) is 0 Å². The van der Waals surface area contributed by atoms with Gasteiger partial charge in [-0.25, -0.2) is 4.39 Å². The van der Waals surface area contributed by atoms with E-state index in [1.165, 1.54) is 13.2 Å². The number of nitrogens with one attached hydrogen (secondary N) is 1. The summed E-state index contributed by atoms with van der Waals surface area (Å²) in [6, 6.07) is 4.36. The maximum atomic E-state index is 13.0. The number of hydrogen-bond donors (Lipinski definition) is 1. The molecule has 14 heavy (non-hydrogen) atoms. The molecule has 0 aliphatic carbocycles. The molecule has 0 fully saturated rings. The fraction of sp³-hybridized carbons (Fsp3) is 0.273. The largest absolute Gasteiger partial charge is 0.494 e. The lowest BCUT2D eigenvalue weighted by atomic mass is 10.1. The first-order chi connectivity index (χ1) is 6.72. The normalized spacial score (nSPS) is 11.9. The zero-order valence-corrected chi connectivity index (χ0v) is 8.17. The Hall–Kier alpha value is -1.53. The van der Waals surface area contributed by atoms with Crippen LogP contribution >= 0.6 is 0 Å². The van der Waals surface area contributed by atoms with Gasteiger partial charge >= 0.3 is 0 Å². The lowest BCUT2D eigenvalue weighted by molar-refractivity contribution is 0.385. The number of methoxy groups -OCH3 is 1. The van der Waals surface area contributed by atoms with Crippen molar-refractivity contribution in [2.24, 2.45) is 0 Å². The minimum Gasteiger partial charge on any atom is -0.494 e. The van der Waals surface area contributed by atoms with E-state index < -0.39 is 0 Å². The standard InChI is InChI=1S/C11H12FNO/c1-4-10(13-2)8-5-6-9(12)11(7-8)14-3/h1,5-7,10,13H,2-3H3. The average Bonchev–Trinajstić information content (AvgIpc) is 2.22. The third kappa shape index (κ3) is 2.04. The predicted octanol–water partition coefficient (Wildman–Crippen LogP) is 1.73. The molecule has 74 valence electrons. The Bertz CT molecular complexity index is 357. The molecule has 1 rings (SSSR count). The Labute approximate surface area is 83.1 Å². The van der Waals surface area contributed by atoms with E-state index in [1.807, 2.05) is 0 Å². The summed E-state index contributed by atoms with van der Waals surface area (Å²) in [4.78, 5) is 0. The van der Waals surface area contributed by atoms with E-state index >= 15 is 0 Å². The zero-order valence-electron chi connectivity index (χ0n) is 8.17. The molecule has 0 bridgehead atoms. The number of ether oxygens (including phenoxy) is 1. The van der Waals surface area contributed by atoms with Gasteiger partial charge in [0.1, 0.15) is 0 Å². The van der Waals surface area contributed by atoms with Crippen LogP contribution in [0.2, 0.25) is 0 Å². The van der Waals surface area contributed by atoms with Crippen molar-refractivity contribution in [3.8, 4) is 18.1 Å². The van der Waals surface area contributed by atoms with Crippen LogP contribution in [-0.2, 0) is 0 Å². The van der Waals surface area contributed by atoms with Crippen molar-refractivity contribution in [1.29, 1.82) is 0 Å². The fourth-order valence-corrected chi connectivity index (χ4v) is 1.20. The summed E-state index contributed by atoms with van der Waals surface area (Å²) < 4.78 is 17.9. The highest BCUT2D eigenvalue weighted by molar-refractivity contribution is 5.34. The summed E-state index contributed by atoms with van der Waals surface area (Å²) in [5.41, 5.74) is 0.813. The Morgan fingerprint density at radius 1 is 1.57 bits per heavy atom. The molecular weight excluding hydrogens is 181 g/mol. The third-order valence-corrected chi connectivity index (χ3v) is 1.96. The molecule has 0 heterocycles. The molecule has 1 aromatic rings. The maximum absolute atomic E-state index is 13.0. The van der Waals surface area contributed by atoms with Crippen LogP contribution in [0.25, 0.3) is 0 Å². The topological polar surface area (TPSA) is 21.3 Å². The summed E-state index contributed by atoms with van der Waals surface area (Å²) in [6.45, 7) is 0. The van der Waals surface area contributed by atoms with Crippen LogP contribution in [0.5, 0.6) is 5.75 Å². The highest BCUT2D eigenvalue weighted by atomic mass is 19.1. The highest BCUT2D eigenvalue weighted by Gasteiger charge is 2.09. The van der Waals surface area contributed by atoms with Crippen molar-refractivity contribution in [1.82, 2.24) is 5.32 Å². The molecule has 0 aliphatic heterocycles. The predicted molar refractivity (Wildman–Crippen MR) is 53.6 cm³/mol. The molecule has 0 saturated heterocycles. The maximum Gasteiger partial charge on any atom is 0.165 e. The lowest BCUT2D eigenvalue weighted by Crippen LogP contribution is -2.14. The smallest absolute Gasteiger partial charge is 0.165 e. The van der Waals surface area contributed by atoms with Crippen molar-refractivity contribution in [2.45, 2.75) is 6.04 Å². The van der Waals surface area contributed by atoms with Crippen LogP contribution in [0.15, 0.2) is 18.2 Å². The van der Waals surface area contributed by atoms with Crippen molar-refractivity contribution < 1.29 is 9.13 Å². The van der Waals surface area contributed by atoms with Crippen LogP contribution in [0.4, 0.5) is 4.39 Å². The van der Waals surface area contributed by atoms with Gasteiger partial charge in [-0.15, -0.1) is 6.42 Å². The van der Waals surface area contributed by atoms with Gasteiger partial charge in [0.2, 0.25) is 0 Å². The summed E-state index contributed by atoms with van der Waals surface area (Å²) in [5, 5.41) is 2.92. The van der Waals surface area contributed by atoms with Gasteiger partial charge in [-0.05, 0) is 24.7 Å². The molecule has 1 atom stereocenters. The number of hydrogen-bond acceptors (Lipinski definition) is 2. The highest BCUT2D eigenvalue weighted by Crippen LogP contribution is 2.21. The minimum atomic E-state index is -0.386. The van der Waals surface area contributed by atoms with Crippen molar-refractivity contribution in [3.63, 3.8) is 0 Å². The van der Waals surface area contributed by atoms with E-state index in [-0.39, 0.29) is 17.6 Å². The molecule has 1 unspecified atom stereocenters. The molecule has 0 aromatic heterocycles. The molecule has 0 amide bonds. The van der Waals surface area contributed by atoms with Gasteiger partial charge in [0.15, 0.2) is 11.6 Å². The SMILES string of the molecule is C#CC(NC)c1ccc(F)c(OC)c1. The monoisotopic (exact) mass is 193 g/mol. The van der Waals surface area contributed by atoms with E-state index in [2.05, 4.69) is 11.2 Å². The Balaban J connectivity index is 3.06. The van der Waals surface area contributed by atoms with E-state index in [9.17, 15) is 4.39 Å². The minimum absolute atomic E-state index is 0.206. The number of benzene rings is 1. The quantitative estimate of drug-likeness (QED) is 0.738. The molecular formula is C11H12FNO. The zero-order chi connectivity index (χ0) is 10.6.